The third-order valence-electron chi connectivity index (χ3n) is 2.76. The van der Waals surface area contributed by atoms with Crippen LogP contribution in [-0.2, 0) is 10.0 Å². The van der Waals surface area contributed by atoms with Crippen LogP contribution in [0.3, 0.4) is 0 Å². The number of hydrogen-bond acceptors (Lipinski definition) is 5. The van der Waals surface area contributed by atoms with Crippen LogP contribution in [-0.4, -0.2) is 27.1 Å². The van der Waals surface area contributed by atoms with E-state index < -0.39 is 10.0 Å². The first-order valence-corrected chi connectivity index (χ1v) is 7.91. The molecule has 1 heterocycles. The minimum atomic E-state index is -3.75. The van der Waals surface area contributed by atoms with Gasteiger partial charge in [-0.05, 0) is 31.2 Å². The van der Waals surface area contributed by atoms with Crippen molar-refractivity contribution in [3.05, 3.63) is 42.6 Å². The van der Waals surface area contributed by atoms with E-state index in [4.69, 9.17) is 4.74 Å². The predicted octanol–water partition coefficient (Wildman–Crippen LogP) is 2.32. The molecule has 0 radical (unpaired) electrons. The number of hydrogen-bond donors (Lipinski definition) is 2. The first-order chi connectivity index (χ1) is 10.1. The number of benzene rings is 1. The fourth-order valence-electron chi connectivity index (χ4n) is 1.84. The highest BCUT2D eigenvalue weighted by Gasteiger charge is 2.20. The van der Waals surface area contributed by atoms with Gasteiger partial charge in [0.15, 0.2) is 0 Å². The highest BCUT2D eigenvalue weighted by atomic mass is 32.2. The maximum atomic E-state index is 12.5. The van der Waals surface area contributed by atoms with Gasteiger partial charge >= 0.3 is 0 Å². The Bertz CT molecular complexity index is 717. The van der Waals surface area contributed by atoms with Gasteiger partial charge in [-0.15, -0.1) is 0 Å². The summed E-state index contributed by atoms with van der Waals surface area (Å²) in [5.41, 5.74) is 0.381. The van der Waals surface area contributed by atoms with Crippen molar-refractivity contribution < 1.29 is 13.2 Å². The maximum Gasteiger partial charge on any atom is 0.265 e. The Hall–Kier alpha value is -2.28. The van der Waals surface area contributed by atoms with Crippen molar-refractivity contribution in [2.45, 2.75) is 11.8 Å². The second-order valence-electron chi connectivity index (χ2n) is 4.19. The Labute approximate surface area is 124 Å². The summed E-state index contributed by atoms with van der Waals surface area (Å²) in [6.07, 6.45) is 1.54. The maximum absolute atomic E-state index is 12.5. The number of rotatable bonds is 6. The van der Waals surface area contributed by atoms with Gasteiger partial charge in [-0.3, -0.25) is 4.72 Å². The molecular weight excluding hydrogens is 290 g/mol. The lowest BCUT2D eigenvalue weighted by Gasteiger charge is -2.13. The Morgan fingerprint density at radius 2 is 1.95 bits per heavy atom. The van der Waals surface area contributed by atoms with Crippen molar-refractivity contribution >= 4 is 21.5 Å². The van der Waals surface area contributed by atoms with Crippen LogP contribution in [0.25, 0.3) is 0 Å². The van der Waals surface area contributed by atoms with E-state index in [1.165, 1.54) is 13.2 Å². The zero-order valence-corrected chi connectivity index (χ0v) is 12.6. The topological polar surface area (TPSA) is 80.3 Å². The number of nitrogens with zero attached hydrogens (tertiary/aromatic N) is 1. The third kappa shape index (κ3) is 3.43. The van der Waals surface area contributed by atoms with Crippen molar-refractivity contribution in [1.82, 2.24) is 4.98 Å². The molecule has 7 heteroatoms. The summed E-state index contributed by atoms with van der Waals surface area (Å²) in [6.45, 7) is 2.45. The molecule has 2 rings (SSSR count). The molecule has 0 saturated heterocycles. The highest BCUT2D eigenvalue weighted by Crippen LogP contribution is 2.27. The lowest BCUT2D eigenvalue weighted by atomic mass is 10.3. The van der Waals surface area contributed by atoms with Crippen molar-refractivity contribution in [2.24, 2.45) is 0 Å². The molecule has 0 atom stereocenters. The standard InChI is InChI=1S/C14H17N3O3S/c1-3-15-14-13(9-6-10-16-14)21(18,19)17-11-7-4-5-8-12(11)20-2/h4-10,17H,3H2,1-2H3,(H,15,16). The smallest absolute Gasteiger partial charge is 0.265 e. The highest BCUT2D eigenvalue weighted by molar-refractivity contribution is 7.92. The van der Waals surface area contributed by atoms with Gasteiger partial charge in [0.05, 0.1) is 12.8 Å². The van der Waals surface area contributed by atoms with Gasteiger partial charge in [-0.25, -0.2) is 13.4 Å². The number of ether oxygens (including phenoxy) is 1. The number of anilines is 2. The summed E-state index contributed by atoms with van der Waals surface area (Å²) in [5, 5.41) is 2.94. The molecule has 2 aromatic rings. The molecule has 0 saturated carbocycles. The molecule has 6 nitrogen and oxygen atoms in total. The average molecular weight is 307 g/mol. The van der Waals surface area contributed by atoms with E-state index >= 15 is 0 Å². The average Bonchev–Trinajstić information content (AvgIpc) is 2.48. The number of sulfonamides is 1. The van der Waals surface area contributed by atoms with Crippen molar-refractivity contribution in [1.29, 1.82) is 0 Å². The van der Waals surface area contributed by atoms with Gasteiger partial charge in [0.2, 0.25) is 0 Å². The normalized spacial score (nSPS) is 11.0. The van der Waals surface area contributed by atoms with Crippen molar-refractivity contribution in [2.75, 3.05) is 23.7 Å². The van der Waals surface area contributed by atoms with Crippen LogP contribution in [0.2, 0.25) is 0 Å². The van der Waals surface area contributed by atoms with Gasteiger partial charge in [0.1, 0.15) is 16.5 Å². The zero-order chi connectivity index (χ0) is 15.3. The van der Waals surface area contributed by atoms with Crippen LogP contribution in [0.5, 0.6) is 5.75 Å². The quantitative estimate of drug-likeness (QED) is 0.856. The van der Waals surface area contributed by atoms with Crippen LogP contribution < -0.4 is 14.8 Å². The number of aromatic nitrogens is 1. The number of para-hydroxylation sites is 2. The molecule has 0 amide bonds. The summed E-state index contributed by atoms with van der Waals surface area (Å²) < 4.78 is 32.7. The third-order valence-corrected chi connectivity index (χ3v) is 4.15. The minimum Gasteiger partial charge on any atom is -0.495 e. The van der Waals surface area contributed by atoms with E-state index in [-0.39, 0.29) is 4.90 Å². The molecule has 1 aromatic carbocycles. The Balaban J connectivity index is 2.39. The van der Waals surface area contributed by atoms with Crippen LogP contribution in [0.15, 0.2) is 47.5 Å². The van der Waals surface area contributed by atoms with E-state index in [0.717, 1.165) is 0 Å². The number of pyridine rings is 1. The Morgan fingerprint density at radius 1 is 1.19 bits per heavy atom. The van der Waals surface area contributed by atoms with Crippen molar-refractivity contribution in [3.8, 4) is 5.75 Å². The Kier molecular flexibility index (Phi) is 4.64. The first-order valence-electron chi connectivity index (χ1n) is 6.43. The fourth-order valence-corrected chi connectivity index (χ4v) is 3.04. The minimum absolute atomic E-state index is 0.0951. The van der Waals surface area contributed by atoms with Gasteiger partial charge in [-0.1, -0.05) is 12.1 Å². The molecule has 0 unspecified atom stereocenters. The molecule has 0 aliphatic heterocycles. The second kappa shape index (κ2) is 6.45. The van der Waals surface area contributed by atoms with Gasteiger partial charge in [0, 0.05) is 12.7 Å². The van der Waals surface area contributed by atoms with Crippen molar-refractivity contribution in [3.63, 3.8) is 0 Å². The molecule has 0 aliphatic carbocycles. The summed E-state index contributed by atoms with van der Waals surface area (Å²) in [4.78, 5) is 4.15. The molecule has 0 aliphatic rings. The largest absolute Gasteiger partial charge is 0.495 e. The van der Waals surface area contributed by atoms with E-state index in [0.29, 0.717) is 23.8 Å². The lowest BCUT2D eigenvalue weighted by Crippen LogP contribution is -2.16. The number of nitrogens with one attached hydrogen (secondary N) is 2. The summed E-state index contributed by atoms with van der Waals surface area (Å²) in [6, 6.07) is 9.91. The van der Waals surface area contributed by atoms with Crippen LogP contribution in [0.1, 0.15) is 6.92 Å². The molecule has 112 valence electrons. The van der Waals surface area contributed by atoms with Gasteiger partial charge < -0.3 is 10.1 Å². The van der Waals surface area contributed by atoms with Crippen LogP contribution in [0, 0.1) is 0 Å². The molecule has 21 heavy (non-hydrogen) atoms. The monoisotopic (exact) mass is 307 g/mol. The molecule has 0 bridgehead atoms. The summed E-state index contributed by atoms with van der Waals surface area (Å²) >= 11 is 0. The fraction of sp³-hybridized carbons (Fsp3) is 0.214. The zero-order valence-electron chi connectivity index (χ0n) is 11.8. The van der Waals surface area contributed by atoms with Gasteiger partial charge in [-0.2, -0.15) is 0 Å². The summed E-state index contributed by atoms with van der Waals surface area (Å²) in [7, 11) is -2.27. The molecule has 2 N–H and O–H groups in total. The Morgan fingerprint density at radius 3 is 2.67 bits per heavy atom. The lowest BCUT2D eigenvalue weighted by molar-refractivity contribution is 0.417. The van der Waals surface area contributed by atoms with E-state index in [1.54, 1.807) is 36.5 Å². The first kappa shape index (κ1) is 15.1. The second-order valence-corrected chi connectivity index (χ2v) is 5.84. The molecule has 0 fully saturated rings. The van der Waals surface area contributed by atoms with Crippen LogP contribution in [0.4, 0.5) is 11.5 Å². The molecule has 1 aromatic heterocycles. The predicted molar refractivity (Wildman–Crippen MR) is 82.2 cm³/mol. The molecule has 0 spiro atoms. The van der Waals surface area contributed by atoms with E-state index in [1.807, 2.05) is 6.92 Å². The van der Waals surface area contributed by atoms with E-state index in [2.05, 4.69) is 15.0 Å². The van der Waals surface area contributed by atoms with E-state index in [9.17, 15) is 8.42 Å². The van der Waals surface area contributed by atoms with Crippen LogP contribution >= 0.6 is 0 Å². The number of methoxy groups -OCH3 is 1. The summed E-state index contributed by atoms with van der Waals surface area (Å²) in [5.74, 6) is 0.775. The molecular formula is C14H17N3O3S. The SMILES string of the molecule is CCNc1ncccc1S(=O)(=O)Nc1ccccc1OC. The van der Waals surface area contributed by atoms with Gasteiger partial charge in [0.25, 0.3) is 10.0 Å².